The van der Waals surface area contributed by atoms with Crippen molar-refractivity contribution in [1.29, 1.82) is 0 Å². The number of fused-ring (bicyclic) bond motifs is 1. The van der Waals surface area contributed by atoms with E-state index in [1.165, 1.54) is 0 Å². The van der Waals surface area contributed by atoms with Gasteiger partial charge in [0.25, 0.3) is 0 Å². The van der Waals surface area contributed by atoms with E-state index in [2.05, 4.69) is 24.9 Å². The number of hydrogen-bond donors (Lipinski definition) is 3. The number of anilines is 1. The van der Waals surface area contributed by atoms with Crippen LogP contribution in [0.2, 0.25) is 0 Å². The van der Waals surface area contributed by atoms with Crippen LogP contribution < -0.4 is 5.73 Å². The number of nitrogen functional groups attached to an aromatic ring is 1. The smallest absolute Gasteiger partial charge is 0.176 e. The van der Waals surface area contributed by atoms with Crippen molar-refractivity contribution < 1.29 is 0 Å². The molecule has 6 heteroatoms. The lowest BCUT2D eigenvalue weighted by atomic mass is 10.2. The summed E-state index contributed by atoms with van der Waals surface area (Å²) in [6.45, 7) is 0. The second kappa shape index (κ2) is 4.45. The SMILES string of the molecule is Nc1cccc2[nH]c(-c3nccc(-c4ncc[nH]4)n3)cc12. The highest BCUT2D eigenvalue weighted by molar-refractivity contribution is 5.94. The number of nitrogens with one attached hydrogen (secondary N) is 2. The van der Waals surface area contributed by atoms with Crippen LogP contribution in [0.3, 0.4) is 0 Å². The average molecular weight is 276 g/mol. The molecule has 1 aromatic carbocycles. The standard InChI is InChI=1S/C15H12N6/c16-10-2-1-3-11-9(10)8-13(20-11)15-17-5-4-12(21-15)14-18-6-7-19-14/h1-8,20H,16H2,(H,18,19). The molecular weight excluding hydrogens is 264 g/mol. The quantitative estimate of drug-likeness (QED) is 0.490. The third-order valence-electron chi connectivity index (χ3n) is 3.34. The minimum Gasteiger partial charge on any atom is -0.398 e. The molecule has 0 aliphatic rings. The van der Waals surface area contributed by atoms with Gasteiger partial charge in [-0.1, -0.05) is 6.07 Å². The summed E-state index contributed by atoms with van der Waals surface area (Å²) in [7, 11) is 0. The molecule has 6 nitrogen and oxygen atoms in total. The first kappa shape index (κ1) is 11.7. The zero-order valence-electron chi connectivity index (χ0n) is 11.0. The molecule has 3 aromatic heterocycles. The van der Waals surface area contributed by atoms with Crippen molar-refractivity contribution in [2.45, 2.75) is 0 Å². The zero-order chi connectivity index (χ0) is 14.2. The Morgan fingerprint density at radius 3 is 2.81 bits per heavy atom. The second-order valence-electron chi connectivity index (χ2n) is 4.69. The largest absolute Gasteiger partial charge is 0.398 e. The fourth-order valence-corrected chi connectivity index (χ4v) is 2.32. The van der Waals surface area contributed by atoms with Gasteiger partial charge in [-0.05, 0) is 24.3 Å². The van der Waals surface area contributed by atoms with Crippen LogP contribution >= 0.6 is 0 Å². The van der Waals surface area contributed by atoms with Crippen LogP contribution in [0.1, 0.15) is 0 Å². The molecule has 0 radical (unpaired) electrons. The molecule has 21 heavy (non-hydrogen) atoms. The summed E-state index contributed by atoms with van der Waals surface area (Å²) in [5, 5.41) is 0.972. The van der Waals surface area contributed by atoms with Crippen LogP contribution in [0.25, 0.3) is 33.9 Å². The van der Waals surface area contributed by atoms with Crippen molar-refractivity contribution in [2.75, 3.05) is 5.73 Å². The zero-order valence-corrected chi connectivity index (χ0v) is 11.0. The van der Waals surface area contributed by atoms with Crippen molar-refractivity contribution in [3.05, 3.63) is 48.9 Å². The van der Waals surface area contributed by atoms with Gasteiger partial charge in [0.1, 0.15) is 5.69 Å². The number of nitrogens with two attached hydrogens (primary N) is 1. The molecule has 102 valence electrons. The summed E-state index contributed by atoms with van der Waals surface area (Å²) in [5.74, 6) is 1.33. The molecule has 0 fully saturated rings. The average Bonchev–Trinajstić information content (AvgIpc) is 3.18. The van der Waals surface area contributed by atoms with E-state index in [0.717, 1.165) is 28.0 Å². The number of benzene rings is 1. The van der Waals surface area contributed by atoms with Crippen molar-refractivity contribution in [3.8, 4) is 23.0 Å². The van der Waals surface area contributed by atoms with Gasteiger partial charge in [-0.3, -0.25) is 0 Å². The van der Waals surface area contributed by atoms with E-state index in [9.17, 15) is 0 Å². The number of imidazole rings is 1. The van der Waals surface area contributed by atoms with E-state index >= 15 is 0 Å². The molecule has 4 N–H and O–H groups in total. The summed E-state index contributed by atoms with van der Waals surface area (Å²) in [6, 6.07) is 9.55. The summed E-state index contributed by atoms with van der Waals surface area (Å²) in [4.78, 5) is 19.4. The fourth-order valence-electron chi connectivity index (χ4n) is 2.32. The highest BCUT2D eigenvalue weighted by atomic mass is 15.0. The van der Waals surface area contributed by atoms with Crippen LogP contribution in [-0.4, -0.2) is 24.9 Å². The Morgan fingerprint density at radius 1 is 1.05 bits per heavy atom. The van der Waals surface area contributed by atoms with Crippen molar-refractivity contribution in [1.82, 2.24) is 24.9 Å². The fraction of sp³-hybridized carbons (Fsp3) is 0. The first-order valence-corrected chi connectivity index (χ1v) is 6.51. The van der Waals surface area contributed by atoms with Crippen molar-refractivity contribution in [3.63, 3.8) is 0 Å². The Kier molecular flexibility index (Phi) is 2.47. The minimum absolute atomic E-state index is 0.611. The first-order chi connectivity index (χ1) is 10.3. The molecule has 0 unspecified atom stereocenters. The van der Waals surface area contributed by atoms with E-state index < -0.39 is 0 Å². The summed E-state index contributed by atoms with van der Waals surface area (Å²) >= 11 is 0. The predicted molar refractivity (Wildman–Crippen MR) is 81.3 cm³/mol. The van der Waals surface area contributed by atoms with Gasteiger partial charge < -0.3 is 15.7 Å². The maximum Gasteiger partial charge on any atom is 0.176 e. The lowest BCUT2D eigenvalue weighted by molar-refractivity contribution is 1.13. The summed E-state index contributed by atoms with van der Waals surface area (Å²) in [6.07, 6.45) is 5.18. The van der Waals surface area contributed by atoms with E-state index in [0.29, 0.717) is 11.6 Å². The number of nitrogens with zero attached hydrogens (tertiary/aromatic N) is 3. The molecule has 0 aliphatic heterocycles. The minimum atomic E-state index is 0.611. The topological polar surface area (TPSA) is 96.3 Å². The second-order valence-corrected chi connectivity index (χ2v) is 4.69. The Bertz CT molecular complexity index is 907. The van der Waals surface area contributed by atoms with Gasteiger partial charge in [-0.2, -0.15) is 0 Å². The third kappa shape index (κ3) is 1.93. The van der Waals surface area contributed by atoms with Gasteiger partial charge >= 0.3 is 0 Å². The van der Waals surface area contributed by atoms with Crippen LogP contribution in [-0.2, 0) is 0 Å². The molecular formula is C15H12N6. The van der Waals surface area contributed by atoms with Crippen molar-refractivity contribution in [2.24, 2.45) is 0 Å². The van der Waals surface area contributed by atoms with Gasteiger partial charge in [0.05, 0.1) is 5.69 Å². The Hall–Kier alpha value is -3.15. The predicted octanol–water partition coefficient (Wildman–Crippen LogP) is 2.60. The van der Waals surface area contributed by atoms with Crippen LogP contribution in [0.15, 0.2) is 48.9 Å². The lowest BCUT2D eigenvalue weighted by Crippen LogP contribution is -1.92. The van der Waals surface area contributed by atoms with Gasteiger partial charge in [0, 0.05) is 35.2 Å². The maximum atomic E-state index is 5.98. The highest BCUT2D eigenvalue weighted by Crippen LogP contribution is 2.26. The van der Waals surface area contributed by atoms with Crippen LogP contribution in [0, 0.1) is 0 Å². The van der Waals surface area contributed by atoms with E-state index in [1.807, 2.05) is 30.3 Å². The number of aromatic nitrogens is 5. The van der Waals surface area contributed by atoms with Gasteiger partial charge in [-0.15, -0.1) is 0 Å². The van der Waals surface area contributed by atoms with E-state index in [-0.39, 0.29) is 0 Å². The monoisotopic (exact) mass is 276 g/mol. The molecule has 0 spiro atoms. The Morgan fingerprint density at radius 2 is 2.00 bits per heavy atom. The first-order valence-electron chi connectivity index (χ1n) is 6.51. The molecule has 0 aliphatic carbocycles. The molecule has 0 bridgehead atoms. The number of H-pyrrole nitrogens is 2. The molecule has 0 saturated carbocycles. The normalized spacial score (nSPS) is 11.0. The van der Waals surface area contributed by atoms with Crippen LogP contribution in [0.4, 0.5) is 5.69 Å². The van der Waals surface area contributed by atoms with Crippen molar-refractivity contribution >= 4 is 16.6 Å². The van der Waals surface area contributed by atoms with Gasteiger partial charge in [-0.25, -0.2) is 15.0 Å². The molecule has 4 rings (SSSR count). The highest BCUT2D eigenvalue weighted by Gasteiger charge is 2.10. The maximum absolute atomic E-state index is 5.98. The Balaban J connectivity index is 1.85. The third-order valence-corrected chi connectivity index (χ3v) is 3.34. The van der Waals surface area contributed by atoms with Crippen LogP contribution in [0.5, 0.6) is 0 Å². The number of rotatable bonds is 2. The Labute approximate surface area is 120 Å². The van der Waals surface area contributed by atoms with Gasteiger partial charge in [0.15, 0.2) is 11.6 Å². The number of aromatic amines is 2. The molecule has 0 saturated heterocycles. The summed E-state index contributed by atoms with van der Waals surface area (Å²) in [5.41, 5.74) is 9.26. The number of hydrogen-bond acceptors (Lipinski definition) is 4. The molecule has 0 amide bonds. The summed E-state index contributed by atoms with van der Waals surface area (Å²) < 4.78 is 0. The van der Waals surface area contributed by atoms with E-state index in [4.69, 9.17) is 5.73 Å². The molecule has 3 heterocycles. The molecule has 4 aromatic rings. The molecule has 0 atom stereocenters. The lowest BCUT2D eigenvalue weighted by Gasteiger charge is -1.99. The van der Waals surface area contributed by atoms with E-state index in [1.54, 1.807) is 18.6 Å². The van der Waals surface area contributed by atoms with Gasteiger partial charge in [0.2, 0.25) is 0 Å².